The zero-order valence-electron chi connectivity index (χ0n) is 8.55. The van der Waals surface area contributed by atoms with Crippen LogP contribution in [-0.4, -0.2) is 11.9 Å². The SMILES string of the molecule is NNC(CCCCl)Cc1ccccc1F. The number of nitrogens with two attached hydrogens (primary N) is 1. The Kier molecular flexibility index (Phi) is 5.61. The Bertz CT molecular complexity index is 294. The van der Waals surface area contributed by atoms with Crippen molar-refractivity contribution in [1.29, 1.82) is 0 Å². The maximum Gasteiger partial charge on any atom is 0.126 e. The Morgan fingerprint density at radius 3 is 2.73 bits per heavy atom. The molecule has 2 nitrogen and oxygen atoms in total. The molecule has 0 radical (unpaired) electrons. The molecule has 0 aromatic heterocycles. The van der Waals surface area contributed by atoms with Gasteiger partial charge in [-0.3, -0.25) is 11.3 Å². The van der Waals surface area contributed by atoms with E-state index in [1.807, 2.05) is 6.07 Å². The molecule has 0 saturated heterocycles. The van der Waals surface area contributed by atoms with Crippen molar-refractivity contribution < 1.29 is 4.39 Å². The van der Waals surface area contributed by atoms with Crippen LogP contribution in [-0.2, 0) is 6.42 Å². The molecule has 0 aliphatic rings. The molecule has 4 heteroatoms. The molecule has 84 valence electrons. The number of hydrogen-bond acceptors (Lipinski definition) is 2. The first-order valence-electron chi connectivity index (χ1n) is 5.03. The summed E-state index contributed by atoms with van der Waals surface area (Å²) < 4.78 is 13.3. The van der Waals surface area contributed by atoms with Gasteiger partial charge in [0, 0.05) is 11.9 Å². The normalized spacial score (nSPS) is 12.7. The lowest BCUT2D eigenvalue weighted by Gasteiger charge is -2.15. The quantitative estimate of drug-likeness (QED) is 0.447. The fourth-order valence-electron chi connectivity index (χ4n) is 1.50. The number of hydrogen-bond donors (Lipinski definition) is 2. The molecule has 3 N–H and O–H groups in total. The average Bonchev–Trinajstić information content (AvgIpc) is 2.26. The summed E-state index contributed by atoms with van der Waals surface area (Å²) in [5, 5.41) is 0. The molecule has 0 bridgehead atoms. The van der Waals surface area contributed by atoms with Crippen LogP contribution in [0.2, 0.25) is 0 Å². The van der Waals surface area contributed by atoms with E-state index in [0.717, 1.165) is 12.8 Å². The molecule has 0 heterocycles. The van der Waals surface area contributed by atoms with Gasteiger partial charge < -0.3 is 0 Å². The molecule has 1 unspecified atom stereocenters. The molecule has 1 rings (SSSR count). The summed E-state index contributed by atoms with van der Waals surface area (Å²) in [6.07, 6.45) is 2.33. The van der Waals surface area contributed by atoms with Gasteiger partial charge >= 0.3 is 0 Å². The van der Waals surface area contributed by atoms with Gasteiger partial charge in [-0.05, 0) is 30.9 Å². The Hall–Kier alpha value is -0.640. The van der Waals surface area contributed by atoms with Crippen LogP contribution < -0.4 is 11.3 Å². The lowest BCUT2D eigenvalue weighted by molar-refractivity contribution is 0.476. The summed E-state index contributed by atoms with van der Waals surface area (Å²) in [4.78, 5) is 0. The van der Waals surface area contributed by atoms with Crippen molar-refractivity contribution in [2.24, 2.45) is 5.84 Å². The van der Waals surface area contributed by atoms with Gasteiger partial charge in [-0.25, -0.2) is 4.39 Å². The Balaban J connectivity index is 2.54. The summed E-state index contributed by atoms with van der Waals surface area (Å²) in [5.74, 6) is 5.83. The number of alkyl halides is 1. The minimum absolute atomic E-state index is 0.0839. The van der Waals surface area contributed by atoms with Crippen LogP contribution >= 0.6 is 11.6 Å². The highest BCUT2D eigenvalue weighted by molar-refractivity contribution is 6.17. The van der Waals surface area contributed by atoms with E-state index in [9.17, 15) is 4.39 Å². The van der Waals surface area contributed by atoms with Gasteiger partial charge in [-0.1, -0.05) is 18.2 Å². The van der Waals surface area contributed by atoms with Gasteiger partial charge in [0.15, 0.2) is 0 Å². The summed E-state index contributed by atoms with van der Waals surface area (Å²) in [5.41, 5.74) is 3.38. The lowest BCUT2D eigenvalue weighted by Crippen LogP contribution is -2.37. The van der Waals surface area contributed by atoms with E-state index < -0.39 is 0 Å². The average molecular weight is 231 g/mol. The van der Waals surface area contributed by atoms with Gasteiger partial charge in [0.1, 0.15) is 5.82 Å². The second kappa shape index (κ2) is 6.77. The van der Waals surface area contributed by atoms with Crippen molar-refractivity contribution in [3.8, 4) is 0 Å². The highest BCUT2D eigenvalue weighted by Gasteiger charge is 2.09. The van der Waals surface area contributed by atoms with Crippen molar-refractivity contribution in [2.75, 3.05) is 5.88 Å². The Morgan fingerprint density at radius 1 is 1.40 bits per heavy atom. The van der Waals surface area contributed by atoms with Gasteiger partial charge in [0.05, 0.1) is 0 Å². The minimum atomic E-state index is -0.177. The third kappa shape index (κ3) is 4.16. The maximum atomic E-state index is 13.3. The Morgan fingerprint density at radius 2 is 2.13 bits per heavy atom. The van der Waals surface area contributed by atoms with Crippen molar-refractivity contribution >= 4 is 11.6 Å². The van der Waals surface area contributed by atoms with Gasteiger partial charge in [-0.15, -0.1) is 11.6 Å². The predicted molar refractivity (Wildman–Crippen MR) is 61.2 cm³/mol. The molecule has 0 fully saturated rings. The standard InChI is InChI=1S/C11H16ClFN2/c12-7-3-5-10(15-14)8-9-4-1-2-6-11(9)13/h1-2,4,6,10,15H,3,5,7-8,14H2. The number of rotatable bonds is 6. The first-order valence-corrected chi connectivity index (χ1v) is 5.57. The van der Waals surface area contributed by atoms with Crippen LogP contribution in [0, 0.1) is 5.82 Å². The van der Waals surface area contributed by atoms with Crippen LogP contribution in [0.15, 0.2) is 24.3 Å². The second-order valence-corrected chi connectivity index (χ2v) is 3.87. The fraction of sp³-hybridized carbons (Fsp3) is 0.455. The third-order valence-corrected chi connectivity index (χ3v) is 2.61. The predicted octanol–water partition coefficient (Wildman–Crippen LogP) is 2.22. The first kappa shape index (κ1) is 12.4. The molecule has 1 aromatic rings. The summed E-state index contributed by atoms with van der Waals surface area (Å²) in [6, 6.07) is 6.83. The fourth-order valence-corrected chi connectivity index (χ4v) is 1.65. The second-order valence-electron chi connectivity index (χ2n) is 3.49. The van der Waals surface area contributed by atoms with Crippen molar-refractivity contribution in [2.45, 2.75) is 25.3 Å². The highest BCUT2D eigenvalue weighted by atomic mass is 35.5. The number of benzene rings is 1. The van der Waals surface area contributed by atoms with E-state index >= 15 is 0 Å². The molecule has 1 atom stereocenters. The van der Waals surface area contributed by atoms with E-state index in [2.05, 4.69) is 5.43 Å². The maximum absolute atomic E-state index is 13.3. The monoisotopic (exact) mass is 230 g/mol. The smallest absolute Gasteiger partial charge is 0.126 e. The molecule has 0 aliphatic heterocycles. The zero-order valence-corrected chi connectivity index (χ0v) is 9.30. The van der Waals surface area contributed by atoms with Gasteiger partial charge in [0.25, 0.3) is 0 Å². The first-order chi connectivity index (χ1) is 7.27. The minimum Gasteiger partial charge on any atom is -0.271 e. The van der Waals surface area contributed by atoms with Gasteiger partial charge in [0.2, 0.25) is 0 Å². The largest absolute Gasteiger partial charge is 0.271 e. The van der Waals surface area contributed by atoms with Crippen molar-refractivity contribution in [3.63, 3.8) is 0 Å². The van der Waals surface area contributed by atoms with E-state index in [0.29, 0.717) is 17.9 Å². The molecule has 15 heavy (non-hydrogen) atoms. The van der Waals surface area contributed by atoms with Crippen molar-refractivity contribution in [3.05, 3.63) is 35.6 Å². The van der Waals surface area contributed by atoms with Crippen LogP contribution in [0.4, 0.5) is 4.39 Å². The van der Waals surface area contributed by atoms with E-state index in [4.69, 9.17) is 17.4 Å². The van der Waals surface area contributed by atoms with E-state index in [1.165, 1.54) is 6.07 Å². The number of halogens is 2. The molecule has 0 amide bonds. The molecule has 0 aliphatic carbocycles. The summed E-state index contributed by atoms with van der Waals surface area (Å²) in [6.45, 7) is 0. The molecular formula is C11H16ClFN2. The van der Waals surface area contributed by atoms with Crippen LogP contribution in [0.1, 0.15) is 18.4 Å². The van der Waals surface area contributed by atoms with Crippen LogP contribution in [0.3, 0.4) is 0 Å². The summed E-state index contributed by atoms with van der Waals surface area (Å²) in [7, 11) is 0. The van der Waals surface area contributed by atoms with E-state index in [-0.39, 0.29) is 11.9 Å². The zero-order chi connectivity index (χ0) is 11.1. The third-order valence-electron chi connectivity index (χ3n) is 2.35. The topological polar surface area (TPSA) is 38.0 Å². The molecular weight excluding hydrogens is 215 g/mol. The molecule has 1 aromatic carbocycles. The lowest BCUT2D eigenvalue weighted by atomic mass is 10.0. The summed E-state index contributed by atoms with van der Waals surface area (Å²) >= 11 is 5.59. The van der Waals surface area contributed by atoms with E-state index in [1.54, 1.807) is 12.1 Å². The number of nitrogens with one attached hydrogen (secondary N) is 1. The number of hydrazine groups is 1. The Labute approximate surface area is 94.6 Å². The van der Waals surface area contributed by atoms with Gasteiger partial charge in [-0.2, -0.15) is 0 Å². The van der Waals surface area contributed by atoms with Crippen LogP contribution in [0.25, 0.3) is 0 Å². The molecule has 0 spiro atoms. The van der Waals surface area contributed by atoms with Crippen molar-refractivity contribution in [1.82, 2.24) is 5.43 Å². The highest BCUT2D eigenvalue weighted by Crippen LogP contribution is 2.11. The molecule has 0 saturated carbocycles. The van der Waals surface area contributed by atoms with Crippen LogP contribution in [0.5, 0.6) is 0 Å².